The van der Waals surface area contributed by atoms with Crippen molar-refractivity contribution in [2.75, 3.05) is 31.1 Å². The zero-order valence-corrected chi connectivity index (χ0v) is 14.0. The summed E-state index contributed by atoms with van der Waals surface area (Å²) in [6, 6.07) is 5.94. The summed E-state index contributed by atoms with van der Waals surface area (Å²) in [5.41, 5.74) is 8.37. The Bertz CT molecular complexity index is 678. The van der Waals surface area contributed by atoms with E-state index in [1.807, 2.05) is 18.3 Å². The molecule has 2 N–H and O–H groups in total. The molecule has 1 aliphatic rings. The standard InChI is InChI=1S/C17H23N7/c1-2-14-4-7-19-15(12-14)13-22-16(18)23-8-10-24(11-9-23)17-20-5-3-6-21-17/h3-7,12H,2,8-11,13H2,1H3,(H2,18,22). The summed E-state index contributed by atoms with van der Waals surface area (Å²) in [6.45, 7) is 5.95. The van der Waals surface area contributed by atoms with Crippen LogP contribution in [0.1, 0.15) is 18.2 Å². The Balaban J connectivity index is 1.55. The summed E-state index contributed by atoms with van der Waals surface area (Å²) >= 11 is 0. The molecule has 0 aliphatic carbocycles. The molecule has 0 aromatic carbocycles. The van der Waals surface area contributed by atoms with Crippen molar-refractivity contribution in [1.82, 2.24) is 19.9 Å². The molecule has 0 bridgehead atoms. The second kappa shape index (κ2) is 7.72. The zero-order chi connectivity index (χ0) is 16.8. The minimum atomic E-state index is 0.516. The number of aryl methyl sites for hydroxylation is 1. The van der Waals surface area contributed by atoms with Crippen LogP contribution in [-0.4, -0.2) is 52.0 Å². The number of rotatable bonds is 4. The van der Waals surface area contributed by atoms with Crippen molar-refractivity contribution in [1.29, 1.82) is 0 Å². The van der Waals surface area contributed by atoms with Crippen LogP contribution in [0.2, 0.25) is 0 Å². The topological polar surface area (TPSA) is 83.5 Å². The van der Waals surface area contributed by atoms with Gasteiger partial charge in [0.1, 0.15) is 0 Å². The number of aliphatic imine (C=N–C) groups is 1. The summed E-state index contributed by atoms with van der Waals surface area (Å²) in [7, 11) is 0. The summed E-state index contributed by atoms with van der Waals surface area (Å²) in [5, 5.41) is 0. The second-order valence-electron chi connectivity index (χ2n) is 5.71. The number of piperazine rings is 1. The average molecular weight is 325 g/mol. The molecule has 0 saturated carbocycles. The Hall–Kier alpha value is -2.70. The predicted octanol–water partition coefficient (Wildman–Crippen LogP) is 1.07. The molecule has 3 heterocycles. The summed E-state index contributed by atoms with van der Waals surface area (Å²) in [4.78, 5) is 21.7. The third-order valence-electron chi connectivity index (χ3n) is 4.13. The van der Waals surface area contributed by atoms with Crippen molar-refractivity contribution in [3.8, 4) is 0 Å². The van der Waals surface area contributed by atoms with E-state index in [0.717, 1.165) is 44.2 Å². The van der Waals surface area contributed by atoms with Gasteiger partial charge in [0.15, 0.2) is 5.96 Å². The lowest BCUT2D eigenvalue weighted by Gasteiger charge is -2.35. The Morgan fingerprint density at radius 2 is 1.88 bits per heavy atom. The lowest BCUT2D eigenvalue weighted by Crippen LogP contribution is -2.51. The van der Waals surface area contributed by atoms with Crippen LogP contribution < -0.4 is 10.6 Å². The Morgan fingerprint density at radius 1 is 1.12 bits per heavy atom. The lowest BCUT2D eigenvalue weighted by molar-refractivity contribution is 0.378. The lowest BCUT2D eigenvalue weighted by atomic mass is 10.2. The van der Waals surface area contributed by atoms with Gasteiger partial charge in [-0.1, -0.05) is 6.92 Å². The molecule has 0 amide bonds. The van der Waals surface area contributed by atoms with E-state index in [-0.39, 0.29) is 0 Å². The van der Waals surface area contributed by atoms with Crippen molar-refractivity contribution in [3.63, 3.8) is 0 Å². The molecule has 0 spiro atoms. The number of anilines is 1. The van der Waals surface area contributed by atoms with Gasteiger partial charge in [-0.25, -0.2) is 15.0 Å². The first-order valence-corrected chi connectivity index (χ1v) is 8.27. The molecule has 1 fully saturated rings. The predicted molar refractivity (Wildman–Crippen MR) is 94.8 cm³/mol. The fraction of sp³-hybridized carbons (Fsp3) is 0.412. The average Bonchev–Trinajstić information content (AvgIpc) is 2.67. The van der Waals surface area contributed by atoms with Crippen LogP contribution in [-0.2, 0) is 13.0 Å². The van der Waals surface area contributed by atoms with E-state index in [9.17, 15) is 0 Å². The maximum Gasteiger partial charge on any atom is 0.225 e. The van der Waals surface area contributed by atoms with E-state index in [1.54, 1.807) is 12.4 Å². The highest BCUT2D eigenvalue weighted by atomic mass is 15.3. The number of aromatic nitrogens is 3. The first-order chi connectivity index (χ1) is 11.8. The van der Waals surface area contributed by atoms with Gasteiger partial charge in [0.25, 0.3) is 0 Å². The van der Waals surface area contributed by atoms with Crippen molar-refractivity contribution < 1.29 is 0 Å². The number of guanidine groups is 1. The van der Waals surface area contributed by atoms with Gasteiger partial charge >= 0.3 is 0 Å². The van der Waals surface area contributed by atoms with E-state index >= 15 is 0 Å². The van der Waals surface area contributed by atoms with Gasteiger partial charge in [0.05, 0.1) is 12.2 Å². The SMILES string of the molecule is CCc1ccnc(CN=C(N)N2CCN(c3ncccn3)CC2)c1. The van der Waals surface area contributed by atoms with Crippen LogP contribution in [0.25, 0.3) is 0 Å². The summed E-state index contributed by atoms with van der Waals surface area (Å²) < 4.78 is 0. The first kappa shape index (κ1) is 16.2. The van der Waals surface area contributed by atoms with Gasteiger partial charge in [-0.3, -0.25) is 4.98 Å². The van der Waals surface area contributed by atoms with E-state index in [2.05, 4.69) is 42.7 Å². The molecule has 0 unspecified atom stereocenters. The zero-order valence-electron chi connectivity index (χ0n) is 14.0. The van der Waals surface area contributed by atoms with Gasteiger partial charge in [0, 0.05) is 44.8 Å². The molecular weight excluding hydrogens is 302 g/mol. The normalized spacial score (nSPS) is 15.6. The second-order valence-corrected chi connectivity index (χ2v) is 5.71. The van der Waals surface area contributed by atoms with Gasteiger partial charge in [0.2, 0.25) is 5.95 Å². The van der Waals surface area contributed by atoms with Crippen molar-refractivity contribution in [2.24, 2.45) is 10.7 Å². The van der Waals surface area contributed by atoms with Gasteiger partial charge in [-0.2, -0.15) is 0 Å². The monoisotopic (exact) mass is 325 g/mol. The van der Waals surface area contributed by atoms with E-state index in [1.165, 1.54) is 5.56 Å². The fourth-order valence-electron chi connectivity index (χ4n) is 2.69. The third-order valence-corrected chi connectivity index (χ3v) is 4.13. The highest BCUT2D eigenvalue weighted by Gasteiger charge is 2.19. The Labute approximate surface area is 142 Å². The molecule has 1 aliphatic heterocycles. The van der Waals surface area contributed by atoms with E-state index in [0.29, 0.717) is 12.5 Å². The van der Waals surface area contributed by atoms with Gasteiger partial charge in [-0.05, 0) is 30.2 Å². The molecule has 1 saturated heterocycles. The van der Waals surface area contributed by atoms with Crippen molar-refractivity contribution in [2.45, 2.75) is 19.9 Å². The largest absolute Gasteiger partial charge is 0.370 e. The molecule has 3 rings (SSSR count). The van der Waals surface area contributed by atoms with Crippen molar-refractivity contribution in [3.05, 3.63) is 48.0 Å². The Kier molecular flexibility index (Phi) is 5.20. The number of pyridine rings is 1. The first-order valence-electron chi connectivity index (χ1n) is 8.27. The number of nitrogens with zero attached hydrogens (tertiary/aromatic N) is 6. The van der Waals surface area contributed by atoms with Gasteiger partial charge < -0.3 is 15.5 Å². The Morgan fingerprint density at radius 3 is 2.58 bits per heavy atom. The maximum atomic E-state index is 6.15. The van der Waals surface area contributed by atoms with Gasteiger partial charge in [-0.15, -0.1) is 0 Å². The number of hydrogen-bond acceptors (Lipinski definition) is 5. The minimum Gasteiger partial charge on any atom is -0.370 e. The highest BCUT2D eigenvalue weighted by Crippen LogP contribution is 2.10. The third kappa shape index (κ3) is 3.98. The minimum absolute atomic E-state index is 0.516. The molecule has 7 heteroatoms. The number of hydrogen-bond donors (Lipinski definition) is 1. The van der Waals surface area contributed by atoms with Crippen molar-refractivity contribution >= 4 is 11.9 Å². The molecule has 126 valence electrons. The quantitative estimate of drug-likeness (QED) is 0.669. The number of nitrogens with two attached hydrogens (primary N) is 1. The van der Waals surface area contributed by atoms with E-state index in [4.69, 9.17) is 5.73 Å². The van der Waals surface area contributed by atoms with Crippen LogP contribution in [0, 0.1) is 0 Å². The molecule has 2 aromatic rings. The van der Waals surface area contributed by atoms with Crippen LogP contribution in [0.15, 0.2) is 41.8 Å². The van der Waals surface area contributed by atoms with Crippen LogP contribution in [0.4, 0.5) is 5.95 Å². The summed E-state index contributed by atoms with van der Waals surface area (Å²) in [6.07, 6.45) is 6.36. The van der Waals surface area contributed by atoms with E-state index < -0.39 is 0 Å². The summed E-state index contributed by atoms with van der Waals surface area (Å²) in [5.74, 6) is 1.35. The van der Waals surface area contributed by atoms with Crippen LogP contribution >= 0.6 is 0 Å². The van der Waals surface area contributed by atoms with Crippen LogP contribution in [0.3, 0.4) is 0 Å². The molecule has 24 heavy (non-hydrogen) atoms. The molecule has 7 nitrogen and oxygen atoms in total. The molecular formula is C17H23N7. The fourth-order valence-corrected chi connectivity index (χ4v) is 2.69. The molecule has 2 aromatic heterocycles. The maximum absolute atomic E-state index is 6.15. The smallest absolute Gasteiger partial charge is 0.225 e. The molecule has 0 radical (unpaired) electrons. The van der Waals surface area contributed by atoms with Crippen LogP contribution in [0.5, 0.6) is 0 Å². The highest BCUT2D eigenvalue weighted by molar-refractivity contribution is 5.78. The molecule has 0 atom stereocenters.